The summed E-state index contributed by atoms with van der Waals surface area (Å²) in [6.07, 6.45) is -6.45. The molecule has 21 N–H and O–H groups in total. The number of guanidine groups is 1. The van der Waals surface area contributed by atoms with Gasteiger partial charge in [-0.2, -0.15) is 0 Å². The number of nitrogens with zero attached hydrogens (tertiary/aromatic N) is 4. The number of carbonyl (C=O) groups is 18. The zero-order valence-electron chi connectivity index (χ0n) is 61.6. The maximum Gasteiger partial charge on any atom is 0.305 e. The van der Waals surface area contributed by atoms with E-state index in [-0.39, 0.29) is 89.5 Å². The summed E-state index contributed by atoms with van der Waals surface area (Å²) in [5.41, 5.74) is 11.2. The van der Waals surface area contributed by atoms with E-state index in [0.717, 1.165) is 26.8 Å². The maximum atomic E-state index is 15.3. The molecule has 0 unspecified atom stereocenters. The predicted molar refractivity (Wildman–Crippen MR) is 399 cm³/mol. The van der Waals surface area contributed by atoms with E-state index in [4.69, 9.17) is 16.9 Å². The second-order valence-corrected chi connectivity index (χ2v) is 30.0. The molecule has 114 heavy (non-hydrogen) atoms. The molecule has 45 heteroatoms. The number of carboxylic acid groups (broad SMARTS) is 3. The zero-order valence-corrected chi connectivity index (χ0v) is 63.2. The van der Waals surface area contributed by atoms with E-state index in [0.29, 0.717) is 27.2 Å². The van der Waals surface area contributed by atoms with Crippen LogP contribution in [0.15, 0.2) is 54.6 Å². The van der Waals surface area contributed by atoms with Gasteiger partial charge in [-0.1, -0.05) is 64.1 Å². The van der Waals surface area contributed by atoms with Gasteiger partial charge in [0, 0.05) is 81.9 Å². The fraction of sp³-hybridized carbons (Fsp3) is 0.551. The molecule has 2 aromatic carbocycles. The summed E-state index contributed by atoms with van der Waals surface area (Å²) in [6, 6.07) is -10.4. The van der Waals surface area contributed by atoms with Gasteiger partial charge < -0.3 is 110 Å². The molecule has 0 radical (unpaired) electrons. The molecule has 5 saturated heterocycles. The predicted octanol–water partition coefficient (Wildman–Crippen LogP) is -6.55. The Balaban J connectivity index is 1.38. The quantitative estimate of drug-likeness (QED) is 0.0138. The topological polar surface area (TPSA) is 661 Å². The Morgan fingerprint density at radius 2 is 0.912 bits per heavy atom. The van der Waals surface area contributed by atoms with Crippen LogP contribution in [-0.4, -0.2) is 282 Å². The van der Waals surface area contributed by atoms with E-state index in [1.807, 2.05) is 0 Å². The second kappa shape index (κ2) is 43.3. The first kappa shape index (κ1) is 89.4. The summed E-state index contributed by atoms with van der Waals surface area (Å²) < 4.78 is 0. The van der Waals surface area contributed by atoms with Gasteiger partial charge in [-0.05, 0) is 81.8 Å². The van der Waals surface area contributed by atoms with Crippen LogP contribution in [0.4, 0.5) is 5.69 Å². The van der Waals surface area contributed by atoms with Gasteiger partial charge in [-0.15, -0.1) is 0 Å². The number of primary amides is 1. The summed E-state index contributed by atoms with van der Waals surface area (Å²) in [5, 5.41) is 89.0. The number of aliphatic carboxylic acids is 3. The standard InChI is InChI=1S/C69H93N19O24S2/c70-51(90)21-18-39-58(100)79-42(28-36-14-16-37(17-15-36)88(111)112)60(102)82-45(32-89)61(103)78-41(20-23-54(94)95)66(108)87-27-7-13-50(87)68(110)86-26-6-12-49(86)64(106)77-40(19-22-53(92)93)59(101)84-47-34-114-113-33-46(62(104)76-39)83-57(99)38(10-4-24-73-69(71)72)75-52(91)31-74-56(98)43(30-55(96)97)80-65(107)48-11-5-25-85(48)67(109)44(81-63(47)105)29-35-8-2-1-3-9-35/h1-3,8-9,14-17,38-50,89H,4-7,10-13,18-34H2,(H2,70,90)(H,74,98)(H,75,91)(H,76,104)(H,77,106)(H,78,103)(H,79,100)(H,80,107)(H,81,105)(H,82,102)(H,83,99)(H,84,101)(H,92,93)(H,94,95)(H,96,97)(H4,71,72,73)/t38-,39-,40-,41-,42-,43-,44-,45-,46-,47-,48-,49-,50-/m0/s1. The summed E-state index contributed by atoms with van der Waals surface area (Å²) in [7, 11) is 1.40. The Morgan fingerprint density at radius 1 is 0.482 bits per heavy atom. The number of hydrogen-bond acceptors (Lipinski definition) is 24. The number of nitro benzene ring substituents is 1. The number of nitro groups is 1. The molecule has 5 heterocycles. The third-order valence-electron chi connectivity index (χ3n) is 19.2. The Kier molecular flexibility index (Phi) is 34.0. The Bertz CT molecular complexity index is 3960. The van der Waals surface area contributed by atoms with Gasteiger partial charge in [-0.25, -0.2) is 0 Å². The molecule has 43 nitrogen and oxygen atoms in total. The van der Waals surface area contributed by atoms with Crippen molar-refractivity contribution >= 4 is 140 Å². The first-order valence-corrected chi connectivity index (χ1v) is 39.1. The van der Waals surface area contributed by atoms with Crippen molar-refractivity contribution in [1.29, 1.82) is 5.41 Å². The SMILES string of the molecule is N=C(N)NCCC[C@@H]1NC(=O)CNC(=O)[C@H](CC(=O)O)NC(=O)[C@@H]2CCCN2C(=O)[C@H](Cc2ccccc2)NC(=O)[C@@H]2CSSC[C@H](NC1=O)C(=O)N[C@@H](CCC(N)=O)C(=O)N[C@@H](Cc1ccc([N+](=O)[O-])cc1)C(=O)N[C@@H](CO)C(=O)N[C@@H](CCC(=O)O)C(=O)N1CCC[C@H]1C(=O)N1CCC[C@H]1C(=O)N[C@@H](CCC(=O)O)C(=O)N2. The molecule has 0 aliphatic carbocycles. The van der Waals surface area contributed by atoms with Crippen molar-refractivity contribution in [2.75, 3.05) is 50.8 Å². The number of benzene rings is 2. The minimum absolute atomic E-state index is 0.0406. The van der Waals surface area contributed by atoms with Crippen molar-refractivity contribution in [2.45, 2.75) is 188 Å². The fourth-order valence-corrected chi connectivity index (χ4v) is 15.6. The molecule has 2 bridgehead atoms. The van der Waals surface area contributed by atoms with Gasteiger partial charge >= 0.3 is 17.9 Å². The first-order valence-electron chi connectivity index (χ1n) is 36.6. The van der Waals surface area contributed by atoms with Crippen molar-refractivity contribution in [1.82, 2.24) is 78.5 Å². The molecule has 620 valence electrons. The van der Waals surface area contributed by atoms with Crippen molar-refractivity contribution in [3.05, 3.63) is 75.8 Å². The van der Waals surface area contributed by atoms with Gasteiger partial charge in [-0.3, -0.25) is 102 Å². The van der Waals surface area contributed by atoms with Gasteiger partial charge in [0.1, 0.15) is 78.5 Å². The van der Waals surface area contributed by atoms with E-state index in [9.17, 15) is 97.7 Å². The van der Waals surface area contributed by atoms with Gasteiger partial charge in [0.15, 0.2) is 5.96 Å². The van der Waals surface area contributed by atoms with E-state index in [1.165, 1.54) is 12.1 Å². The molecule has 0 aromatic heterocycles. The lowest BCUT2D eigenvalue weighted by molar-refractivity contribution is -0.384. The monoisotopic (exact) mass is 1640 g/mol. The number of non-ortho nitro benzene ring substituents is 1. The highest BCUT2D eigenvalue weighted by Gasteiger charge is 2.46. The number of aliphatic hydroxyl groups is 1. The summed E-state index contributed by atoms with van der Waals surface area (Å²) in [4.78, 5) is 269. The number of rotatable bonds is 21. The molecule has 13 atom stereocenters. The van der Waals surface area contributed by atoms with Crippen molar-refractivity contribution < 1.29 is 112 Å². The third-order valence-corrected chi connectivity index (χ3v) is 21.6. The van der Waals surface area contributed by atoms with Crippen molar-refractivity contribution in [3.8, 4) is 0 Å². The summed E-state index contributed by atoms with van der Waals surface area (Å²) in [6.45, 7) is -2.80. The maximum absolute atomic E-state index is 15.3. The van der Waals surface area contributed by atoms with Crippen LogP contribution in [0.2, 0.25) is 0 Å². The fourth-order valence-electron chi connectivity index (χ4n) is 13.3. The number of carboxylic acids is 3. The average molecular weight is 1640 g/mol. The highest BCUT2D eigenvalue weighted by molar-refractivity contribution is 8.76. The number of aliphatic hydroxyl groups excluding tert-OH is 1. The number of nitrogens with two attached hydrogens (primary N) is 2. The molecular weight excluding hydrogens is 1540 g/mol. The van der Waals surface area contributed by atoms with Gasteiger partial charge in [0.2, 0.25) is 88.6 Å². The minimum Gasteiger partial charge on any atom is -0.481 e. The van der Waals surface area contributed by atoms with E-state index >= 15 is 19.2 Å². The third kappa shape index (κ3) is 26.7. The van der Waals surface area contributed by atoms with Crippen LogP contribution in [0.5, 0.6) is 0 Å². The average Bonchev–Trinajstić information content (AvgIpc) is 1.64. The largest absolute Gasteiger partial charge is 0.481 e. The smallest absolute Gasteiger partial charge is 0.305 e. The Hall–Kier alpha value is -11.8. The Morgan fingerprint density at radius 3 is 1.45 bits per heavy atom. The normalized spacial score (nSPS) is 26.1. The number of amides is 15. The number of carbonyl (C=O) groups excluding carboxylic acids is 15. The van der Waals surface area contributed by atoms with Crippen LogP contribution in [0, 0.1) is 15.5 Å². The first-order chi connectivity index (χ1) is 54.2. The number of hydrogen-bond donors (Lipinski definition) is 19. The number of nitrogens with one attached hydrogen (secondary N) is 13. The van der Waals surface area contributed by atoms with E-state index in [1.54, 1.807) is 30.3 Å². The second-order valence-electron chi connectivity index (χ2n) is 27.5. The summed E-state index contributed by atoms with van der Waals surface area (Å²) in [5.74, 6) is -23.2. The van der Waals surface area contributed by atoms with Gasteiger partial charge in [0.25, 0.3) is 5.69 Å². The highest BCUT2D eigenvalue weighted by atomic mass is 33.1. The van der Waals surface area contributed by atoms with Crippen molar-refractivity contribution in [3.63, 3.8) is 0 Å². The minimum atomic E-state index is -2.05. The summed E-state index contributed by atoms with van der Waals surface area (Å²) >= 11 is 0. The molecule has 0 saturated carbocycles. The number of fused-ring (bicyclic) bond motifs is 8. The molecular formula is C69H93N19O24S2. The van der Waals surface area contributed by atoms with Crippen LogP contribution in [-0.2, 0) is 99.1 Å². The van der Waals surface area contributed by atoms with Crippen LogP contribution < -0.4 is 75.3 Å². The van der Waals surface area contributed by atoms with Crippen LogP contribution in [0.1, 0.15) is 107 Å². The molecule has 5 fully saturated rings. The van der Waals surface area contributed by atoms with E-state index < -0.39 is 278 Å². The lowest BCUT2D eigenvalue weighted by Gasteiger charge is -2.33. The highest BCUT2D eigenvalue weighted by Crippen LogP contribution is 2.29. The van der Waals surface area contributed by atoms with Gasteiger partial charge in [0.05, 0.1) is 24.5 Å². The molecule has 15 amide bonds. The van der Waals surface area contributed by atoms with Crippen molar-refractivity contribution in [2.24, 2.45) is 11.5 Å². The Labute approximate surface area is 658 Å². The van der Waals surface area contributed by atoms with Crippen LogP contribution in [0.3, 0.4) is 0 Å². The molecule has 5 aliphatic rings. The molecule has 7 rings (SSSR count). The molecule has 5 aliphatic heterocycles. The molecule has 0 spiro atoms. The van der Waals surface area contributed by atoms with E-state index in [2.05, 4.69) is 63.8 Å². The molecule has 2 aromatic rings. The van der Waals surface area contributed by atoms with Crippen LogP contribution >= 0.6 is 21.6 Å². The lowest BCUT2D eigenvalue weighted by atomic mass is 10.0. The zero-order chi connectivity index (χ0) is 83.5. The lowest BCUT2D eigenvalue weighted by Crippen LogP contribution is -2.61. The van der Waals surface area contributed by atoms with Crippen LogP contribution in [0.25, 0.3) is 0 Å².